The maximum absolute atomic E-state index is 13.0. The number of aryl methyl sites for hydroxylation is 1. The summed E-state index contributed by atoms with van der Waals surface area (Å²) in [6.07, 6.45) is -4.79. The lowest BCUT2D eigenvalue weighted by Gasteiger charge is -2.35. The van der Waals surface area contributed by atoms with E-state index in [4.69, 9.17) is 0 Å². The van der Waals surface area contributed by atoms with Crippen LogP contribution in [0.4, 0.5) is 13.2 Å². The Kier molecular flexibility index (Phi) is 5.34. The van der Waals surface area contributed by atoms with E-state index in [-0.39, 0.29) is 12.5 Å². The third kappa shape index (κ3) is 3.76. The van der Waals surface area contributed by atoms with Gasteiger partial charge in [-0.1, -0.05) is 24.3 Å². The van der Waals surface area contributed by atoms with Crippen LogP contribution < -0.4 is 5.32 Å². The number of fused-ring (bicyclic) bond motifs is 3. The molecule has 1 aromatic heterocycles. The molecular formula is C22H26F3N3. The summed E-state index contributed by atoms with van der Waals surface area (Å²) in [6, 6.07) is 14.3. The molecule has 1 aliphatic rings. The molecule has 0 amide bonds. The molecule has 0 unspecified atom stereocenters. The van der Waals surface area contributed by atoms with Crippen LogP contribution >= 0.6 is 0 Å². The van der Waals surface area contributed by atoms with Gasteiger partial charge in [0.05, 0.1) is 0 Å². The Hall–Kier alpha value is -2.05. The van der Waals surface area contributed by atoms with Gasteiger partial charge in [0.15, 0.2) is 0 Å². The first kappa shape index (κ1) is 19.3. The monoisotopic (exact) mass is 389 g/mol. The molecule has 28 heavy (non-hydrogen) atoms. The van der Waals surface area contributed by atoms with E-state index in [1.165, 1.54) is 5.52 Å². The summed E-state index contributed by atoms with van der Waals surface area (Å²) in [5.41, 5.74) is 3.30. The highest BCUT2D eigenvalue weighted by molar-refractivity contribution is 6.08. The third-order valence-electron chi connectivity index (χ3n) is 5.79. The quantitative estimate of drug-likeness (QED) is 0.655. The highest BCUT2D eigenvalue weighted by Crippen LogP contribution is 2.36. The normalized spacial score (nSPS) is 17.4. The number of nitrogens with one attached hydrogen (secondary N) is 1. The highest BCUT2D eigenvalue weighted by atomic mass is 19.4. The van der Waals surface area contributed by atoms with Crippen molar-refractivity contribution in [3.63, 3.8) is 0 Å². The van der Waals surface area contributed by atoms with Gasteiger partial charge in [-0.25, -0.2) is 0 Å². The van der Waals surface area contributed by atoms with E-state index in [0.717, 1.165) is 54.6 Å². The van der Waals surface area contributed by atoms with Crippen LogP contribution in [-0.2, 0) is 6.54 Å². The van der Waals surface area contributed by atoms with Crippen LogP contribution in [0.2, 0.25) is 0 Å². The van der Waals surface area contributed by atoms with Crippen LogP contribution in [0.1, 0.15) is 31.4 Å². The number of rotatable bonds is 5. The number of alkyl halides is 3. The molecule has 1 saturated heterocycles. The van der Waals surface area contributed by atoms with E-state index in [0.29, 0.717) is 0 Å². The Morgan fingerprint density at radius 1 is 1.00 bits per heavy atom. The molecule has 6 heteroatoms. The standard InChI is InChI=1S/C22H26F3N3/c1-2-28-20-6-4-3-5-17(20)18-15-16(7-8-21(18)28)19(9-10-22(23,24)25)27-13-11-26-12-14-27/h3-8,15,19,26H,2,9-14H2,1H3/t19-/m0/s1. The number of benzene rings is 2. The van der Waals surface area contributed by atoms with Crippen molar-refractivity contribution < 1.29 is 13.2 Å². The van der Waals surface area contributed by atoms with Gasteiger partial charge >= 0.3 is 6.18 Å². The van der Waals surface area contributed by atoms with Crippen molar-refractivity contribution in [2.75, 3.05) is 26.2 Å². The van der Waals surface area contributed by atoms with E-state index in [9.17, 15) is 13.2 Å². The zero-order chi connectivity index (χ0) is 19.7. The minimum atomic E-state index is -4.13. The van der Waals surface area contributed by atoms with Crippen LogP contribution in [0.3, 0.4) is 0 Å². The molecule has 1 aliphatic heterocycles. The van der Waals surface area contributed by atoms with Crippen LogP contribution in [0.5, 0.6) is 0 Å². The van der Waals surface area contributed by atoms with Crippen molar-refractivity contribution in [1.82, 2.24) is 14.8 Å². The van der Waals surface area contributed by atoms with Gasteiger partial charge in [0.1, 0.15) is 0 Å². The Labute approximate surface area is 163 Å². The largest absolute Gasteiger partial charge is 0.389 e. The molecule has 4 rings (SSSR count). The fourth-order valence-electron chi connectivity index (χ4n) is 4.47. The van der Waals surface area contributed by atoms with Gasteiger partial charge in [-0.15, -0.1) is 0 Å². The summed E-state index contributed by atoms with van der Waals surface area (Å²) in [7, 11) is 0. The van der Waals surface area contributed by atoms with E-state index < -0.39 is 12.6 Å². The smallest absolute Gasteiger partial charge is 0.341 e. The summed E-state index contributed by atoms with van der Waals surface area (Å²) >= 11 is 0. The molecule has 0 bridgehead atoms. The van der Waals surface area contributed by atoms with Crippen molar-refractivity contribution in [3.05, 3.63) is 48.0 Å². The Morgan fingerprint density at radius 3 is 2.43 bits per heavy atom. The fourth-order valence-corrected chi connectivity index (χ4v) is 4.47. The minimum Gasteiger partial charge on any atom is -0.341 e. The Balaban J connectivity index is 1.77. The second-order valence-electron chi connectivity index (χ2n) is 7.49. The van der Waals surface area contributed by atoms with Gasteiger partial charge in [0.25, 0.3) is 0 Å². The molecule has 1 N–H and O–H groups in total. The lowest BCUT2D eigenvalue weighted by molar-refractivity contribution is -0.138. The molecule has 0 saturated carbocycles. The highest BCUT2D eigenvalue weighted by Gasteiger charge is 2.31. The first-order valence-corrected chi connectivity index (χ1v) is 10.0. The summed E-state index contributed by atoms with van der Waals surface area (Å²) < 4.78 is 41.2. The van der Waals surface area contributed by atoms with Crippen molar-refractivity contribution in [3.8, 4) is 0 Å². The lowest BCUT2D eigenvalue weighted by atomic mass is 9.97. The molecule has 0 aliphatic carbocycles. The van der Waals surface area contributed by atoms with Crippen LogP contribution in [0.15, 0.2) is 42.5 Å². The maximum Gasteiger partial charge on any atom is 0.389 e. The second kappa shape index (κ2) is 7.76. The van der Waals surface area contributed by atoms with Gasteiger partial charge in [-0.3, -0.25) is 4.90 Å². The van der Waals surface area contributed by atoms with E-state index in [1.54, 1.807) is 0 Å². The lowest BCUT2D eigenvalue weighted by Crippen LogP contribution is -2.45. The van der Waals surface area contributed by atoms with E-state index >= 15 is 0 Å². The SMILES string of the molecule is CCn1c2ccccc2c2cc([C@H](CCC(F)(F)F)N3CCNCC3)ccc21. The van der Waals surface area contributed by atoms with E-state index in [1.807, 2.05) is 18.2 Å². The number of piperazine rings is 1. The molecule has 3 nitrogen and oxygen atoms in total. The average molecular weight is 389 g/mol. The van der Waals surface area contributed by atoms with Gasteiger partial charge in [-0.2, -0.15) is 13.2 Å². The molecule has 2 heterocycles. The fraction of sp³-hybridized carbons (Fsp3) is 0.455. The van der Waals surface area contributed by atoms with Crippen LogP contribution in [0.25, 0.3) is 21.8 Å². The average Bonchev–Trinajstić information content (AvgIpc) is 3.01. The predicted molar refractivity (Wildman–Crippen MR) is 108 cm³/mol. The molecule has 0 radical (unpaired) electrons. The zero-order valence-corrected chi connectivity index (χ0v) is 16.1. The zero-order valence-electron chi connectivity index (χ0n) is 16.1. The molecular weight excluding hydrogens is 363 g/mol. The molecule has 2 aromatic carbocycles. The topological polar surface area (TPSA) is 20.2 Å². The minimum absolute atomic E-state index is 0.0986. The molecule has 1 atom stereocenters. The summed E-state index contributed by atoms with van der Waals surface area (Å²) in [5.74, 6) is 0. The molecule has 1 fully saturated rings. The number of hydrogen-bond acceptors (Lipinski definition) is 2. The van der Waals surface area contributed by atoms with E-state index in [2.05, 4.69) is 46.0 Å². The number of para-hydroxylation sites is 1. The Bertz CT molecular complexity index is 955. The van der Waals surface area contributed by atoms with Crippen molar-refractivity contribution in [2.45, 2.75) is 38.5 Å². The van der Waals surface area contributed by atoms with Crippen molar-refractivity contribution >= 4 is 21.8 Å². The van der Waals surface area contributed by atoms with Crippen LogP contribution in [-0.4, -0.2) is 41.8 Å². The molecule has 0 spiro atoms. The summed E-state index contributed by atoms with van der Waals surface area (Å²) in [4.78, 5) is 2.20. The summed E-state index contributed by atoms with van der Waals surface area (Å²) in [6.45, 7) is 6.17. The Morgan fingerprint density at radius 2 is 1.71 bits per heavy atom. The van der Waals surface area contributed by atoms with Crippen molar-refractivity contribution in [1.29, 1.82) is 0 Å². The second-order valence-corrected chi connectivity index (χ2v) is 7.49. The maximum atomic E-state index is 13.0. The van der Waals surface area contributed by atoms with Gasteiger partial charge < -0.3 is 9.88 Å². The number of halogens is 3. The van der Waals surface area contributed by atoms with Gasteiger partial charge in [0.2, 0.25) is 0 Å². The predicted octanol–water partition coefficient (Wildman–Crippen LogP) is 5.10. The summed E-state index contributed by atoms with van der Waals surface area (Å²) in [5, 5.41) is 5.58. The van der Waals surface area contributed by atoms with Crippen molar-refractivity contribution in [2.24, 2.45) is 0 Å². The molecule has 150 valence electrons. The third-order valence-corrected chi connectivity index (χ3v) is 5.79. The van der Waals surface area contributed by atoms with Gasteiger partial charge in [0, 0.05) is 67.0 Å². The number of aromatic nitrogens is 1. The van der Waals surface area contributed by atoms with Gasteiger partial charge in [-0.05, 0) is 37.1 Å². The number of nitrogens with zero attached hydrogens (tertiary/aromatic N) is 2. The van der Waals surface area contributed by atoms with Crippen LogP contribution in [0, 0.1) is 0 Å². The number of hydrogen-bond donors (Lipinski definition) is 1. The molecule has 3 aromatic rings. The first-order valence-electron chi connectivity index (χ1n) is 10.0. The first-order chi connectivity index (χ1) is 13.5.